The van der Waals surface area contributed by atoms with Gasteiger partial charge >= 0.3 is 6.18 Å². The third-order valence-corrected chi connectivity index (χ3v) is 4.30. The largest absolute Gasteiger partial charge is 0.416 e. The Hall–Kier alpha value is -2.34. The fourth-order valence-electron chi connectivity index (χ4n) is 2.73. The number of benzene rings is 2. The molecule has 0 atom stereocenters. The number of halogens is 3. The van der Waals surface area contributed by atoms with Gasteiger partial charge < -0.3 is 10.2 Å². The van der Waals surface area contributed by atoms with Crippen molar-refractivity contribution >= 4 is 5.91 Å². The summed E-state index contributed by atoms with van der Waals surface area (Å²) < 4.78 is 38.2. The summed E-state index contributed by atoms with van der Waals surface area (Å²) in [4.78, 5) is 14.7. The van der Waals surface area contributed by atoms with Crippen molar-refractivity contribution in [1.29, 1.82) is 0 Å². The molecule has 3 nitrogen and oxygen atoms in total. The quantitative estimate of drug-likeness (QED) is 0.788. The van der Waals surface area contributed by atoms with Gasteiger partial charge in [0.05, 0.1) is 5.56 Å². The Labute approximate surface area is 151 Å². The molecule has 0 unspecified atom stereocenters. The molecular weight excluding hydrogens is 341 g/mol. The van der Waals surface area contributed by atoms with Gasteiger partial charge in [0.25, 0.3) is 5.91 Å². The normalized spacial score (nSPS) is 11.6. The lowest BCUT2D eigenvalue weighted by atomic mass is 9.98. The zero-order valence-electron chi connectivity index (χ0n) is 14.9. The zero-order valence-corrected chi connectivity index (χ0v) is 14.9. The van der Waals surface area contributed by atoms with E-state index in [0.29, 0.717) is 23.2 Å². The number of hydrogen-bond donors (Lipinski definition) is 1. The smallest absolute Gasteiger partial charge is 0.351 e. The first kappa shape index (κ1) is 20.0. The third kappa shape index (κ3) is 5.08. The molecule has 1 N–H and O–H groups in total. The highest BCUT2D eigenvalue weighted by Gasteiger charge is 2.30. The van der Waals surface area contributed by atoms with Crippen LogP contribution < -0.4 is 5.32 Å². The molecule has 26 heavy (non-hydrogen) atoms. The van der Waals surface area contributed by atoms with E-state index < -0.39 is 11.7 Å². The van der Waals surface area contributed by atoms with E-state index in [-0.39, 0.29) is 5.91 Å². The molecule has 0 aliphatic carbocycles. The van der Waals surface area contributed by atoms with E-state index in [2.05, 4.69) is 24.1 Å². The molecule has 2 aromatic rings. The number of carbonyl (C=O) groups excluding carboxylic acids is 1. The van der Waals surface area contributed by atoms with E-state index in [1.165, 1.54) is 12.1 Å². The van der Waals surface area contributed by atoms with Crippen molar-refractivity contribution in [2.75, 3.05) is 26.2 Å². The van der Waals surface area contributed by atoms with E-state index in [9.17, 15) is 18.0 Å². The molecule has 0 saturated carbocycles. The standard InChI is InChI=1S/C20H23F3N2O/c1-3-25(4-2)14-13-24-19(26)18-8-6-5-7-17(18)15-9-11-16(12-10-15)20(21,22)23/h5-12H,3-4,13-14H2,1-2H3,(H,24,26). The summed E-state index contributed by atoms with van der Waals surface area (Å²) in [5.74, 6) is -0.229. The monoisotopic (exact) mass is 364 g/mol. The highest BCUT2D eigenvalue weighted by atomic mass is 19.4. The number of nitrogens with zero attached hydrogens (tertiary/aromatic N) is 1. The fraction of sp³-hybridized carbons (Fsp3) is 0.350. The highest BCUT2D eigenvalue weighted by molar-refractivity contribution is 6.00. The molecule has 0 aromatic heterocycles. The number of hydrogen-bond acceptors (Lipinski definition) is 2. The number of rotatable bonds is 7. The minimum Gasteiger partial charge on any atom is -0.351 e. The average Bonchev–Trinajstić information content (AvgIpc) is 2.64. The molecule has 0 fully saturated rings. The Kier molecular flexibility index (Phi) is 6.80. The van der Waals surface area contributed by atoms with E-state index in [1.54, 1.807) is 24.3 Å². The summed E-state index contributed by atoms with van der Waals surface area (Å²) in [6.45, 7) is 7.21. The Morgan fingerprint density at radius 2 is 1.62 bits per heavy atom. The Morgan fingerprint density at radius 1 is 1.00 bits per heavy atom. The predicted molar refractivity (Wildman–Crippen MR) is 97.0 cm³/mol. The second-order valence-corrected chi connectivity index (χ2v) is 5.90. The maximum atomic E-state index is 12.7. The van der Waals surface area contributed by atoms with Crippen LogP contribution in [0.5, 0.6) is 0 Å². The van der Waals surface area contributed by atoms with Gasteiger partial charge in [-0.05, 0) is 42.4 Å². The third-order valence-electron chi connectivity index (χ3n) is 4.30. The summed E-state index contributed by atoms with van der Waals surface area (Å²) in [5.41, 5.74) is 0.934. The summed E-state index contributed by atoms with van der Waals surface area (Å²) in [6, 6.07) is 11.8. The second kappa shape index (κ2) is 8.85. The Morgan fingerprint density at radius 3 is 2.19 bits per heavy atom. The van der Waals surface area contributed by atoms with Gasteiger partial charge in [0.15, 0.2) is 0 Å². The van der Waals surface area contributed by atoms with E-state index in [4.69, 9.17) is 0 Å². The van der Waals surface area contributed by atoms with Gasteiger partial charge in [-0.3, -0.25) is 4.79 Å². The lowest BCUT2D eigenvalue weighted by molar-refractivity contribution is -0.137. The van der Waals surface area contributed by atoms with Gasteiger partial charge in [-0.2, -0.15) is 13.2 Å². The first-order chi connectivity index (χ1) is 12.4. The molecule has 0 radical (unpaired) electrons. The highest BCUT2D eigenvalue weighted by Crippen LogP contribution is 2.31. The van der Waals surface area contributed by atoms with Gasteiger partial charge in [0.1, 0.15) is 0 Å². The summed E-state index contributed by atoms with van der Waals surface area (Å²) in [5, 5.41) is 2.88. The van der Waals surface area contributed by atoms with Crippen molar-refractivity contribution in [3.8, 4) is 11.1 Å². The molecule has 1 amide bonds. The first-order valence-corrected chi connectivity index (χ1v) is 8.64. The molecule has 6 heteroatoms. The van der Waals surface area contributed by atoms with Gasteiger partial charge in [0, 0.05) is 18.7 Å². The number of likely N-dealkylation sites (N-methyl/N-ethyl adjacent to an activating group) is 1. The van der Waals surface area contributed by atoms with Gasteiger partial charge in [-0.25, -0.2) is 0 Å². The molecule has 0 saturated heterocycles. The lowest BCUT2D eigenvalue weighted by Crippen LogP contribution is -2.34. The van der Waals surface area contributed by atoms with Crippen molar-refractivity contribution in [1.82, 2.24) is 10.2 Å². The van der Waals surface area contributed by atoms with Crippen LogP contribution >= 0.6 is 0 Å². The summed E-state index contributed by atoms with van der Waals surface area (Å²) in [6.07, 6.45) is -4.38. The van der Waals surface area contributed by atoms with Crippen LogP contribution in [0.2, 0.25) is 0 Å². The molecule has 140 valence electrons. The number of amides is 1. The first-order valence-electron chi connectivity index (χ1n) is 8.64. The molecule has 2 aromatic carbocycles. The Bertz CT molecular complexity index is 723. The van der Waals surface area contributed by atoms with Crippen molar-refractivity contribution in [3.63, 3.8) is 0 Å². The van der Waals surface area contributed by atoms with Crippen molar-refractivity contribution in [3.05, 3.63) is 59.7 Å². The lowest BCUT2D eigenvalue weighted by Gasteiger charge is -2.18. The molecule has 2 rings (SSSR count). The summed E-state index contributed by atoms with van der Waals surface area (Å²) in [7, 11) is 0. The van der Waals surface area contributed by atoms with E-state index >= 15 is 0 Å². The number of alkyl halides is 3. The maximum absolute atomic E-state index is 12.7. The van der Waals surface area contributed by atoms with Crippen LogP contribution in [0, 0.1) is 0 Å². The van der Waals surface area contributed by atoms with Gasteiger partial charge in [-0.15, -0.1) is 0 Å². The second-order valence-electron chi connectivity index (χ2n) is 5.90. The van der Waals surface area contributed by atoms with Crippen LogP contribution in [-0.4, -0.2) is 37.0 Å². The number of carbonyl (C=O) groups is 1. The van der Waals surface area contributed by atoms with Crippen molar-refractivity contribution < 1.29 is 18.0 Å². The molecule has 0 aliphatic rings. The van der Waals surface area contributed by atoms with Crippen LogP contribution in [0.15, 0.2) is 48.5 Å². The van der Waals surface area contributed by atoms with Crippen LogP contribution in [0.25, 0.3) is 11.1 Å². The fourth-order valence-corrected chi connectivity index (χ4v) is 2.73. The van der Waals surface area contributed by atoms with E-state index in [1.807, 2.05) is 0 Å². The van der Waals surface area contributed by atoms with Crippen LogP contribution in [0.3, 0.4) is 0 Å². The van der Waals surface area contributed by atoms with Gasteiger partial charge in [-0.1, -0.05) is 44.2 Å². The van der Waals surface area contributed by atoms with Crippen LogP contribution in [-0.2, 0) is 6.18 Å². The minimum absolute atomic E-state index is 0.229. The van der Waals surface area contributed by atoms with Gasteiger partial charge in [0.2, 0.25) is 0 Å². The maximum Gasteiger partial charge on any atom is 0.416 e. The summed E-state index contributed by atoms with van der Waals surface area (Å²) >= 11 is 0. The molecule has 0 heterocycles. The van der Waals surface area contributed by atoms with Crippen LogP contribution in [0.4, 0.5) is 13.2 Å². The van der Waals surface area contributed by atoms with E-state index in [0.717, 1.165) is 31.8 Å². The molecule has 0 aliphatic heterocycles. The molecule has 0 bridgehead atoms. The van der Waals surface area contributed by atoms with Crippen molar-refractivity contribution in [2.24, 2.45) is 0 Å². The minimum atomic E-state index is -4.38. The zero-order chi connectivity index (χ0) is 19.2. The molecular formula is C20H23F3N2O. The Balaban J connectivity index is 2.15. The predicted octanol–water partition coefficient (Wildman–Crippen LogP) is 4.44. The topological polar surface area (TPSA) is 32.3 Å². The molecule has 0 spiro atoms. The van der Waals surface area contributed by atoms with Crippen LogP contribution in [0.1, 0.15) is 29.8 Å². The SMILES string of the molecule is CCN(CC)CCNC(=O)c1ccccc1-c1ccc(C(F)(F)F)cc1. The number of nitrogens with one attached hydrogen (secondary N) is 1. The van der Waals surface area contributed by atoms with Crippen molar-refractivity contribution in [2.45, 2.75) is 20.0 Å². The average molecular weight is 364 g/mol.